The quantitative estimate of drug-likeness (QED) is 0.401. The highest BCUT2D eigenvalue weighted by Crippen LogP contribution is 2.38. The number of rotatable bonds is 3. The van der Waals surface area contributed by atoms with Crippen molar-refractivity contribution in [3.8, 4) is 22.5 Å². The van der Waals surface area contributed by atoms with Crippen LogP contribution in [-0.2, 0) is 11.4 Å². The lowest BCUT2D eigenvalue weighted by molar-refractivity contribution is 0.0503. The molecule has 0 radical (unpaired) electrons. The zero-order valence-corrected chi connectivity index (χ0v) is 18.7. The first-order chi connectivity index (χ1) is 16.9. The van der Waals surface area contributed by atoms with Crippen molar-refractivity contribution in [1.82, 2.24) is 9.97 Å². The summed E-state index contributed by atoms with van der Waals surface area (Å²) < 4.78 is 29.6. The minimum Gasteiger partial charge on any atom is -0.370 e. The number of nitrogens with two attached hydrogens (primary N) is 2. The van der Waals surface area contributed by atoms with Crippen LogP contribution in [0.25, 0.3) is 22.5 Å². The number of carbonyl (C=O) groups excluding carboxylic acids is 1. The Hall–Kier alpha value is -4.21. The van der Waals surface area contributed by atoms with Crippen molar-refractivity contribution in [2.75, 3.05) is 5.73 Å². The average Bonchev–Trinajstić information content (AvgIpc) is 3.00. The minimum absolute atomic E-state index is 0.00689. The van der Waals surface area contributed by atoms with Gasteiger partial charge in [0.15, 0.2) is 0 Å². The molecule has 4 aromatic rings. The summed E-state index contributed by atoms with van der Waals surface area (Å²) in [5.74, 6) is 2.75. The van der Waals surface area contributed by atoms with Crippen molar-refractivity contribution in [1.29, 1.82) is 0 Å². The third-order valence-corrected chi connectivity index (χ3v) is 5.85. The molecule has 1 aliphatic heterocycles. The highest BCUT2D eigenvalue weighted by molar-refractivity contribution is 6.31. The van der Waals surface area contributed by atoms with Crippen LogP contribution in [0.15, 0.2) is 65.7 Å². The molecule has 0 bridgehead atoms. The van der Waals surface area contributed by atoms with E-state index in [0.717, 1.165) is 0 Å². The molecule has 1 aliphatic rings. The van der Waals surface area contributed by atoms with Gasteiger partial charge in [0.1, 0.15) is 11.6 Å². The minimum atomic E-state index is -0.756. The second-order valence-corrected chi connectivity index (χ2v) is 8.13. The molecule has 0 spiro atoms. The smallest absolute Gasteiger partial charge is 0.356 e. The lowest BCUT2D eigenvalue weighted by atomic mass is 9.93. The van der Waals surface area contributed by atoms with E-state index in [1.807, 2.05) is 0 Å². The van der Waals surface area contributed by atoms with E-state index in [0.29, 0.717) is 38.7 Å². The van der Waals surface area contributed by atoms with Crippen molar-refractivity contribution >= 4 is 29.2 Å². The van der Waals surface area contributed by atoms with Gasteiger partial charge in [-0.2, -0.15) is 5.90 Å². The Balaban J connectivity index is 1.75. The van der Waals surface area contributed by atoms with Gasteiger partial charge in [-0.25, -0.2) is 23.5 Å². The Morgan fingerprint density at radius 3 is 2.31 bits per heavy atom. The van der Waals surface area contributed by atoms with E-state index < -0.39 is 17.6 Å². The number of carbonyl (C=O) groups is 1. The molecule has 7 nitrogen and oxygen atoms in total. The molecule has 0 amide bonds. The topological polar surface area (TPSA) is 116 Å². The Labute approximate surface area is 203 Å². The zero-order chi connectivity index (χ0) is 24.7. The maximum atomic E-state index is 14.8. The molecule has 1 aromatic heterocycles. The molecule has 5 rings (SSSR count). The predicted octanol–water partition coefficient (Wildman–Crippen LogP) is 4.71. The molecule has 3 aromatic carbocycles. The van der Waals surface area contributed by atoms with E-state index in [1.165, 1.54) is 30.3 Å². The van der Waals surface area contributed by atoms with Gasteiger partial charge in [-0.05, 0) is 36.4 Å². The van der Waals surface area contributed by atoms with Gasteiger partial charge >= 0.3 is 5.97 Å². The molecule has 174 valence electrons. The van der Waals surface area contributed by atoms with Gasteiger partial charge in [-0.3, -0.25) is 4.99 Å². The molecule has 0 saturated heterocycles. The van der Waals surface area contributed by atoms with E-state index in [9.17, 15) is 13.6 Å². The number of benzene rings is 3. The van der Waals surface area contributed by atoms with Gasteiger partial charge in [0.2, 0.25) is 5.95 Å². The summed E-state index contributed by atoms with van der Waals surface area (Å²) in [7, 11) is 0. The maximum Gasteiger partial charge on any atom is 0.356 e. The average molecular weight is 492 g/mol. The first kappa shape index (κ1) is 22.6. The van der Waals surface area contributed by atoms with Crippen LogP contribution in [-0.4, -0.2) is 21.6 Å². The number of anilines is 1. The van der Waals surface area contributed by atoms with Crippen molar-refractivity contribution < 1.29 is 18.4 Å². The summed E-state index contributed by atoms with van der Waals surface area (Å²) in [5.41, 5.74) is 9.21. The molecule has 0 unspecified atom stereocenters. The fourth-order valence-corrected chi connectivity index (χ4v) is 4.22. The van der Waals surface area contributed by atoms with Crippen LogP contribution in [0.2, 0.25) is 5.02 Å². The van der Waals surface area contributed by atoms with Gasteiger partial charge in [-0.15, -0.1) is 0 Å². The van der Waals surface area contributed by atoms with Gasteiger partial charge in [0.25, 0.3) is 0 Å². The van der Waals surface area contributed by atoms with E-state index in [-0.39, 0.29) is 29.3 Å². The first-order valence-electron chi connectivity index (χ1n) is 10.3. The van der Waals surface area contributed by atoms with Gasteiger partial charge in [-0.1, -0.05) is 35.9 Å². The molecule has 0 saturated carbocycles. The monoisotopic (exact) mass is 491 g/mol. The second kappa shape index (κ2) is 8.86. The number of hydrogen-bond acceptors (Lipinski definition) is 7. The third-order valence-electron chi connectivity index (χ3n) is 5.61. The fraction of sp³-hybridized carbons (Fsp3) is 0.0400. The standard InChI is InChI=1S/C25H16ClF2N5O2/c26-14-8-9-15-16(10-14)23(20-18(27)2-1-3-19(20)28)31-11-17-21(32-25(29)33-22(15)17)12-4-6-13(7-5-12)24(34)35-30/h1-10H,11,30H2,(H2,29,32,33). The molecule has 35 heavy (non-hydrogen) atoms. The Morgan fingerprint density at radius 1 is 0.943 bits per heavy atom. The summed E-state index contributed by atoms with van der Waals surface area (Å²) in [6, 6.07) is 14.9. The zero-order valence-electron chi connectivity index (χ0n) is 17.9. The molecule has 0 atom stereocenters. The van der Waals surface area contributed by atoms with E-state index in [4.69, 9.17) is 23.2 Å². The van der Waals surface area contributed by atoms with Crippen molar-refractivity contribution in [3.05, 3.63) is 99.6 Å². The molecule has 2 heterocycles. The summed E-state index contributed by atoms with van der Waals surface area (Å²) >= 11 is 6.25. The predicted molar refractivity (Wildman–Crippen MR) is 128 cm³/mol. The fourth-order valence-electron chi connectivity index (χ4n) is 4.04. The first-order valence-corrected chi connectivity index (χ1v) is 10.7. The lowest BCUT2D eigenvalue weighted by Crippen LogP contribution is -2.10. The highest BCUT2D eigenvalue weighted by atomic mass is 35.5. The Bertz CT molecular complexity index is 1500. The Kier molecular flexibility index (Phi) is 5.72. The number of nitrogen functional groups attached to an aromatic ring is 1. The lowest BCUT2D eigenvalue weighted by Gasteiger charge is -2.14. The van der Waals surface area contributed by atoms with Crippen LogP contribution in [0.5, 0.6) is 0 Å². The van der Waals surface area contributed by atoms with Crippen LogP contribution in [0.3, 0.4) is 0 Å². The molecular formula is C25H16ClF2N5O2. The second-order valence-electron chi connectivity index (χ2n) is 7.69. The maximum absolute atomic E-state index is 14.8. The number of hydrogen-bond donors (Lipinski definition) is 2. The van der Waals surface area contributed by atoms with Crippen LogP contribution in [0.4, 0.5) is 14.7 Å². The Morgan fingerprint density at radius 2 is 1.63 bits per heavy atom. The number of aliphatic imine (C=N–C) groups is 1. The van der Waals surface area contributed by atoms with Crippen molar-refractivity contribution in [2.24, 2.45) is 10.9 Å². The van der Waals surface area contributed by atoms with Crippen LogP contribution in [0, 0.1) is 11.6 Å². The number of fused-ring (bicyclic) bond motifs is 3. The van der Waals surface area contributed by atoms with Gasteiger partial charge in [0.05, 0.1) is 34.8 Å². The number of nitrogens with zero attached hydrogens (tertiary/aromatic N) is 3. The van der Waals surface area contributed by atoms with Gasteiger partial charge < -0.3 is 10.6 Å². The number of aromatic nitrogens is 2. The largest absolute Gasteiger partial charge is 0.370 e. The van der Waals surface area contributed by atoms with Crippen LogP contribution in [0.1, 0.15) is 27.0 Å². The van der Waals surface area contributed by atoms with Gasteiger partial charge in [0, 0.05) is 27.3 Å². The SMILES string of the molecule is NOC(=O)c1ccc(-c2nc(N)nc3c2CN=C(c2c(F)cccc2F)c2cc(Cl)ccc2-3)cc1. The summed E-state index contributed by atoms with van der Waals surface area (Å²) in [4.78, 5) is 29.4. The number of halogens is 3. The summed E-state index contributed by atoms with van der Waals surface area (Å²) in [6.07, 6.45) is 0. The van der Waals surface area contributed by atoms with E-state index in [2.05, 4.69) is 19.8 Å². The molecule has 4 N–H and O–H groups in total. The van der Waals surface area contributed by atoms with Crippen LogP contribution < -0.4 is 11.6 Å². The van der Waals surface area contributed by atoms with Crippen molar-refractivity contribution in [3.63, 3.8) is 0 Å². The van der Waals surface area contributed by atoms with E-state index in [1.54, 1.807) is 30.3 Å². The van der Waals surface area contributed by atoms with Crippen LogP contribution >= 0.6 is 11.6 Å². The molecule has 10 heteroatoms. The molecular weight excluding hydrogens is 476 g/mol. The van der Waals surface area contributed by atoms with E-state index >= 15 is 0 Å². The molecule has 0 aliphatic carbocycles. The normalized spacial score (nSPS) is 12.3. The van der Waals surface area contributed by atoms with Crippen molar-refractivity contribution in [2.45, 2.75) is 6.54 Å². The summed E-state index contributed by atoms with van der Waals surface area (Å²) in [6.45, 7) is 0.00689. The third kappa shape index (κ3) is 4.01. The summed E-state index contributed by atoms with van der Waals surface area (Å²) in [5, 5.41) is 0.362. The highest BCUT2D eigenvalue weighted by Gasteiger charge is 2.27. The molecule has 0 fully saturated rings.